The van der Waals surface area contributed by atoms with Crippen molar-refractivity contribution in [2.75, 3.05) is 32.8 Å². The molecular weight excluding hydrogens is 351 g/mol. The number of carbonyl (C=O) groups excluding carboxylic acids is 2. The summed E-state index contributed by atoms with van der Waals surface area (Å²) in [7, 11) is 0. The number of halogens is 1. The zero-order valence-electron chi connectivity index (χ0n) is 15.3. The number of morpholine rings is 1. The Morgan fingerprint density at radius 2 is 1.85 bits per heavy atom. The highest BCUT2D eigenvalue weighted by molar-refractivity contribution is 5.81. The van der Waals surface area contributed by atoms with E-state index < -0.39 is 0 Å². The molecule has 0 aromatic heterocycles. The molecule has 27 heavy (non-hydrogen) atoms. The van der Waals surface area contributed by atoms with Crippen LogP contribution in [0.1, 0.15) is 25.7 Å². The van der Waals surface area contributed by atoms with Gasteiger partial charge in [0.25, 0.3) is 0 Å². The van der Waals surface area contributed by atoms with Gasteiger partial charge in [-0.2, -0.15) is 0 Å². The summed E-state index contributed by atoms with van der Waals surface area (Å²) >= 11 is 0. The second kappa shape index (κ2) is 7.84. The Hall–Kier alpha value is -2.15. The van der Waals surface area contributed by atoms with Gasteiger partial charge in [-0.25, -0.2) is 4.39 Å². The minimum absolute atomic E-state index is 0.00000151. The van der Waals surface area contributed by atoms with Crippen LogP contribution in [-0.2, 0) is 14.3 Å². The van der Waals surface area contributed by atoms with Crippen LogP contribution >= 0.6 is 0 Å². The van der Waals surface area contributed by atoms with Crippen LogP contribution in [0.3, 0.4) is 0 Å². The fourth-order valence-corrected chi connectivity index (χ4v) is 3.81. The van der Waals surface area contributed by atoms with Crippen molar-refractivity contribution in [3.8, 4) is 5.75 Å². The molecule has 0 spiro atoms. The van der Waals surface area contributed by atoms with E-state index in [2.05, 4.69) is 0 Å². The minimum atomic E-state index is -0.306. The third-order valence-corrected chi connectivity index (χ3v) is 5.56. The largest absolute Gasteiger partial charge is 0.491 e. The Morgan fingerprint density at radius 3 is 2.52 bits per heavy atom. The highest BCUT2D eigenvalue weighted by Crippen LogP contribution is 2.32. The van der Waals surface area contributed by atoms with Crippen LogP contribution < -0.4 is 4.74 Å². The lowest BCUT2D eigenvalue weighted by Crippen LogP contribution is -2.56. The van der Waals surface area contributed by atoms with E-state index in [1.165, 1.54) is 12.1 Å². The standard InChI is InChI=1S/C20H25FN2O4/c21-15-3-5-17(6-4-15)26-12-18-11-23(19(24)13-27-18)16-7-9-22(10-8-16)20(25)14-1-2-14/h3-6,14,16,18H,1-2,7-13H2. The quantitative estimate of drug-likeness (QED) is 0.787. The summed E-state index contributed by atoms with van der Waals surface area (Å²) < 4.78 is 24.2. The van der Waals surface area contributed by atoms with Gasteiger partial charge in [0, 0.05) is 25.0 Å². The van der Waals surface area contributed by atoms with Crippen molar-refractivity contribution in [2.24, 2.45) is 5.92 Å². The summed E-state index contributed by atoms with van der Waals surface area (Å²) in [4.78, 5) is 28.4. The predicted molar refractivity (Wildman–Crippen MR) is 95.7 cm³/mol. The Balaban J connectivity index is 1.28. The first kappa shape index (κ1) is 18.2. The summed E-state index contributed by atoms with van der Waals surface area (Å²) in [6, 6.07) is 6.01. The Bertz CT molecular complexity index is 684. The molecule has 1 aromatic rings. The van der Waals surface area contributed by atoms with Gasteiger partial charge >= 0.3 is 0 Å². The first-order valence-electron chi connectivity index (χ1n) is 9.68. The third kappa shape index (κ3) is 4.40. The molecule has 0 bridgehead atoms. The SMILES string of the molecule is O=C(C1CC1)N1CCC(N2CC(COc3ccc(F)cc3)OCC2=O)CC1. The molecule has 2 aliphatic heterocycles. The van der Waals surface area contributed by atoms with Crippen LogP contribution in [-0.4, -0.2) is 66.6 Å². The van der Waals surface area contributed by atoms with Crippen LogP contribution in [0, 0.1) is 11.7 Å². The van der Waals surface area contributed by atoms with Gasteiger partial charge in [0.2, 0.25) is 11.8 Å². The fourth-order valence-electron chi connectivity index (χ4n) is 3.81. The number of benzene rings is 1. The number of amides is 2. The van der Waals surface area contributed by atoms with Crippen LogP contribution in [0.15, 0.2) is 24.3 Å². The Morgan fingerprint density at radius 1 is 1.15 bits per heavy atom. The van der Waals surface area contributed by atoms with Gasteiger partial charge in [-0.05, 0) is 49.9 Å². The van der Waals surface area contributed by atoms with Crippen molar-refractivity contribution < 1.29 is 23.5 Å². The van der Waals surface area contributed by atoms with Crippen molar-refractivity contribution in [1.29, 1.82) is 0 Å². The molecule has 2 amide bonds. The normalized spacial score (nSPS) is 24.2. The zero-order chi connectivity index (χ0) is 18.8. The third-order valence-electron chi connectivity index (χ3n) is 5.56. The lowest BCUT2D eigenvalue weighted by Gasteiger charge is -2.42. The second-order valence-corrected chi connectivity index (χ2v) is 7.57. The molecular formula is C20H25FN2O4. The van der Waals surface area contributed by atoms with Crippen molar-refractivity contribution in [1.82, 2.24) is 9.80 Å². The highest BCUT2D eigenvalue weighted by atomic mass is 19.1. The average molecular weight is 376 g/mol. The van der Waals surface area contributed by atoms with E-state index in [0.717, 1.165) is 38.8 Å². The number of ether oxygens (including phenoxy) is 2. The fraction of sp³-hybridized carbons (Fsp3) is 0.600. The zero-order valence-corrected chi connectivity index (χ0v) is 15.3. The second-order valence-electron chi connectivity index (χ2n) is 7.57. The maximum Gasteiger partial charge on any atom is 0.248 e. The van der Waals surface area contributed by atoms with Crippen LogP contribution in [0.25, 0.3) is 0 Å². The monoisotopic (exact) mass is 376 g/mol. The first-order chi connectivity index (χ1) is 13.1. The Labute approximate surface area is 158 Å². The van der Waals surface area contributed by atoms with Crippen molar-refractivity contribution in [3.63, 3.8) is 0 Å². The lowest BCUT2D eigenvalue weighted by atomic mass is 10.0. The topological polar surface area (TPSA) is 59.1 Å². The predicted octanol–water partition coefficient (Wildman–Crippen LogP) is 1.83. The van der Waals surface area contributed by atoms with Crippen LogP contribution in [0.4, 0.5) is 4.39 Å². The smallest absolute Gasteiger partial charge is 0.248 e. The number of carbonyl (C=O) groups is 2. The molecule has 146 valence electrons. The first-order valence-corrected chi connectivity index (χ1v) is 9.68. The van der Waals surface area contributed by atoms with E-state index in [1.807, 2.05) is 9.80 Å². The molecule has 1 unspecified atom stereocenters. The molecule has 1 saturated carbocycles. The van der Waals surface area contributed by atoms with Gasteiger partial charge < -0.3 is 19.3 Å². The minimum Gasteiger partial charge on any atom is -0.491 e. The van der Waals surface area contributed by atoms with Crippen LogP contribution in [0.2, 0.25) is 0 Å². The molecule has 7 heteroatoms. The Kier molecular flexibility index (Phi) is 5.29. The average Bonchev–Trinajstić information content (AvgIpc) is 3.53. The van der Waals surface area contributed by atoms with Gasteiger partial charge in [0.05, 0.1) is 6.54 Å². The molecule has 1 aromatic carbocycles. The van der Waals surface area contributed by atoms with Gasteiger partial charge in [0.15, 0.2) is 0 Å². The summed E-state index contributed by atoms with van der Waals surface area (Å²) in [6.07, 6.45) is 3.47. The van der Waals surface area contributed by atoms with E-state index >= 15 is 0 Å². The number of hydrogen-bond acceptors (Lipinski definition) is 4. The summed E-state index contributed by atoms with van der Waals surface area (Å²) in [5.74, 6) is 0.807. The molecule has 2 heterocycles. The number of piperidine rings is 1. The number of likely N-dealkylation sites (tertiary alicyclic amines) is 1. The van der Waals surface area contributed by atoms with E-state index in [1.54, 1.807) is 12.1 Å². The van der Waals surface area contributed by atoms with Crippen LogP contribution in [0.5, 0.6) is 5.75 Å². The lowest BCUT2D eigenvalue weighted by molar-refractivity contribution is -0.155. The molecule has 1 atom stereocenters. The van der Waals surface area contributed by atoms with E-state index in [-0.39, 0.29) is 42.3 Å². The van der Waals surface area contributed by atoms with Crippen molar-refractivity contribution in [3.05, 3.63) is 30.1 Å². The summed E-state index contributed by atoms with van der Waals surface area (Å²) in [5, 5.41) is 0. The van der Waals surface area contributed by atoms with Gasteiger partial charge in [-0.15, -0.1) is 0 Å². The number of nitrogens with zero attached hydrogens (tertiary/aromatic N) is 2. The highest BCUT2D eigenvalue weighted by Gasteiger charge is 2.38. The molecule has 3 aliphatic rings. The molecule has 3 fully saturated rings. The van der Waals surface area contributed by atoms with Gasteiger partial charge in [-0.1, -0.05) is 0 Å². The van der Waals surface area contributed by atoms with E-state index in [4.69, 9.17) is 9.47 Å². The number of hydrogen-bond donors (Lipinski definition) is 0. The molecule has 2 saturated heterocycles. The molecule has 0 N–H and O–H groups in total. The van der Waals surface area contributed by atoms with E-state index in [9.17, 15) is 14.0 Å². The summed E-state index contributed by atoms with van der Waals surface area (Å²) in [6.45, 7) is 2.30. The maximum absolute atomic E-state index is 13.0. The molecule has 0 radical (unpaired) electrons. The molecule has 1 aliphatic carbocycles. The number of rotatable bonds is 5. The van der Waals surface area contributed by atoms with Crippen molar-refractivity contribution in [2.45, 2.75) is 37.8 Å². The summed E-state index contributed by atoms with van der Waals surface area (Å²) in [5.41, 5.74) is 0. The van der Waals surface area contributed by atoms with Gasteiger partial charge in [0.1, 0.15) is 30.9 Å². The maximum atomic E-state index is 13.0. The van der Waals surface area contributed by atoms with Gasteiger partial charge in [-0.3, -0.25) is 9.59 Å². The molecule has 4 rings (SSSR count). The van der Waals surface area contributed by atoms with E-state index in [0.29, 0.717) is 18.9 Å². The molecule has 6 nitrogen and oxygen atoms in total. The van der Waals surface area contributed by atoms with Crippen molar-refractivity contribution >= 4 is 11.8 Å².